The molecule has 1 unspecified atom stereocenters. The van der Waals surface area contributed by atoms with Gasteiger partial charge < -0.3 is 9.64 Å². The Balaban J connectivity index is 1.69. The number of benzene rings is 2. The molecule has 5 heteroatoms. The van der Waals surface area contributed by atoms with Gasteiger partial charge in [0.05, 0.1) is 11.1 Å². The molecule has 1 fully saturated rings. The number of hydrogen-bond donors (Lipinski definition) is 0. The maximum Gasteiger partial charge on any atom is 0.253 e. The first-order valence-corrected chi connectivity index (χ1v) is 9.62. The average molecular weight is 423 g/mol. The van der Waals surface area contributed by atoms with E-state index < -0.39 is 0 Å². The minimum absolute atomic E-state index is 0.0256. The van der Waals surface area contributed by atoms with Gasteiger partial charge in [-0.25, -0.2) is 0 Å². The van der Waals surface area contributed by atoms with Crippen LogP contribution in [0.4, 0.5) is 0 Å². The van der Waals surface area contributed by atoms with Crippen molar-refractivity contribution in [2.45, 2.75) is 32.3 Å². The molecule has 1 amide bonds. The van der Waals surface area contributed by atoms with E-state index in [-0.39, 0.29) is 12.0 Å². The number of nitrogens with zero attached hydrogens (tertiary/aromatic N) is 1. The van der Waals surface area contributed by atoms with Crippen LogP contribution >= 0.6 is 27.5 Å². The number of carbonyl (C=O) groups excluding carboxylic acids is 1. The molecule has 0 N–H and O–H groups in total. The predicted molar refractivity (Wildman–Crippen MR) is 105 cm³/mol. The van der Waals surface area contributed by atoms with Crippen LogP contribution in [0.1, 0.15) is 42.1 Å². The van der Waals surface area contributed by atoms with E-state index in [9.17, 15) is 4.79 Å². The number of carbonyl (C=O) groups is 1. The highest BCUT2D eigenvalue weighted by Gasteiger charge is 2.28. The van der Waals surface area contributed by atoms with Crippen LogP contribution in [0.5, 0.6) is 5.75 Å². The molecule has 1 heterocycles. The lowest BCUT2D eigenvalue weighted by atomic mass is 9.99. The third-order valence-electron chi connectivity index (χ3n) is 4.36. The highest BCUT2D eigenvalue weighted by Crippen LogP contribution is 2.31. The lowest BCUT2D eigenvalue weighted by Crippen LogP contribution is -2.28. The monoisotopic (exact) mass is 421 g/mol. The van der Waals surface area contributed by atoms with Crippen LogP contribution in [0, 0.1) is 0 Å². The zero-order chi connectivity index (χ0) is 18.0. The average Bonchev–Trinajstić information content (AvgIpc) is 3.06. The summed E-state index contributed by atoms with van der Waals surface area (Å²) in [4.78, 5) is 14.7. The summed E-state index contributed by atoms with van der Waals surface area (Å²) < 4.78 is 6.70. The van der Waals surface area contributed by atoms with Crippen LogP contribution in [0.3, 0.4) is 0 Å². The summed E-state index contributed by atoms with van der Waals surface area (Å²) in [5.41, 5.74) is 1.88. The Kier molecular flexibility index (Phi) is 5.70. The van der Waals surface area contributed by atoms with E-state index in [1.807, 2.05) is 30.9 Å². The van der Waals surface area contributed by atoms with Crippen LogP contribution in [0.15, 0.2) is 46.9 Å². The zero-order valence-corrected chi connectivity index (χ0v) is 16.7. The first-order valence-electron chi connectivity index (χ1n) is 8.45. The quantitative estimate of drug-likeness (QED) is 0.649. The minimum atomic E-state index is 0.0256. The molecule has 25 heavy (non-hydrogen) atoms. The lowest BCUT2D eigenvalue weighted by Gasteiger charge is -2.18. The Morgan fingerprint density at radius 2 is 1.96 bits per heavy atom. The van der Waals surface area contributed by atoms with Crippen molar-refractivity contribution in [3.63, 3.8) is 0 Å². The molecule has 132 valence electrons. The number of halogens is 2. The Bertz CT molecular complexity index is 761. The number of likely N-dealkylation sites (tertiary alicyclic amines) is 1. The van der Waals surface area contributed by atoms with E-state index in [0.717, 1.165) is 24.0 Å². The van der Waals surface area contributed by atoms with Crippen LogP contribution in [0.25, 0.3) is 0 Å². The molecule has 3 rings (SSSR count). The number of ether oxygens (including phenoxy) is 1. The van der Waals surface area contributed by atoms with E-state index in [2.05, 4.69) is 28.1 Å². The van der Waals surface area contributed by atoms with Crippen molar-refractivity contribution in [3.8, 4) is 5.75 Å². The standard InChI is InChI=1S/C20H21BrClNO2/c1-13(2)25-19-8-5-15(11-18(19)22)20(24)23-10-9-16(12-23)14-3-6-17(21)7-4-14/h3-8,11,13,16H,9-10,12H2,1-2H3. The molecule has 0 aliphatic carbocycles. The van der Waals surface area contributed by atoms with Gasteiger partial charge in [-0.05, 0) is 56.2 Å². The third kappa shape index (κ3) is 4.36. The zero-order valence-electron chi connectivity index (χ0n) is 14.3. The van der Waals surface area contributed by atoms with Crippen molar-refractivity contribution in [3.05, 3.63) is 63.1 Å². The molecule has 3 nitrogen and oxygen atoms in total. The van der Waals surface area contributed by atoms with Gasteiger partial charge in [-0.15, -0.1) is 0 Å². The molecule has 0 aromatic heterocycles. The number of rotatable bonds is 4. The van der Waals surface area contributed by atoms with Crippen molar-refractivity contribution >= 4 is 33.4 Å². The summed E-state index contributed by atoms with van der Waals surface area (Å²) in [6, 6.07) is 13.6. The van der Waals surface area contributed by atoms with Gasteiger partial charge in [0.2, 0.25) is 0 Å². The molecule has 0 bridgehead atoms. The molecule has 1 atom stereocenters. The molecule has 2 aromatic carbocycles. The normalized spacial score (nSPS) is 17.2. The Morgan fingerprint density at radius 3 is 2.60 bits per heavy atom. The molecule has 1 saturated heterocycles. The van der Waals surface area contributed by atoms with Crippen molar-refractivity contribution in [2.24, 2.45) is 0 Å². The largest absolute Gasteiger partial charge is 0.489 e. The highest BCUT2D eigenvalue weighted by atomic mass is 79.9. The Hall–Kier alpha value is -1.52. The summed E-state index contributed by atoms with van der Waals surface area (Å²) >= 11 is 9.72. The van der Waals surface area contributed by atoms with Crippen LogP contribution in [0.2, 0.25) is 5.02 Å². The molecule has 0 radical (unpaired) electrons. The van der Waals surface area contributed by atoms with Gasteiger partial charge in [-0.3, -0.25) is 4.79 Å². The maximum absolute atomic E-state index is 12.8. The third-order valence-corrected chi connectivity index (χ3v) is 5.18. The van der Waals surface area contributed by atoms with Gasteiger partial charge in [0.1, 0.15) is 5.75 Å². The number of hydrogen-bond acceptors (Lipinski definition) is 2. The van der Waals surface area contributed by atoms with Crippen molar-refractivity contribution in [1.29, 1.82) is 0 Å². The molecule has 0 spiro atoms. The summed E-state index contributed by atoms with van der Waals surface area (Å²) in [5, 5.41) is 0.475. The van der Waals surface area contributed by atoms with Crippen molar-refractivity contribution < 1.29 is 9.53 Å². The first kappa shape index (κ1) is 18.3. The fourth-order valence-corrected chi connectivity index (χ4v) is 3.61. The second kappa shape index (κ2) is 7.79. The van der Waals surface area contributed by atoms with E-state index >= 15 is 0 Å². The molecule has 0 saturated carbocycles. The first-order chi connectivity index (χ1) is 11.9. The topological polar surface area (TPSA) is 29.5 Å². The SMILES string of the molecule is CC(C)Oc1ccc(C(=O)N2CCC(c3ccc(Br)cc3)C2)cc1Cl. The molecule has 1 aliphatic heterocycles. The second-order valence-electron chi connectivity index (χ2n) is 6.60. The smallest absolute Gasteiger partial charge is 0.253 e. The fraction of sp³-hybridized carbons (Fsp3) is 0.350. The van der Waals surface area contributed by atoms with Crippen molar-refractivity contribution in [2.75, 3.05) is 13.1 Å². The maximum atomic E-state index is 12.8. The van der Waals surface area contributed by atoms with Gasteiger partial charge >= 0.3 is 0 Å². The summed E-state index contributed by atoms with van der Waals surface area (Å²) in [5.74, 6) is 1.02. The fourth-order valence-electron chi connectivity index (χ4n) is 3.12. The number of amides is 1. The van der Waals surface area contributed by atoms with Gasteiger partial charge in [0.25, 0.3) is 5.91 Å². The molecular weight excluding hydrogens is 402 g/mol. The summed E-state index contributed by atoms with van der Waals surface area (Å²) in [6.07, 6.45) is 1.03. The van der Waals surface area contributed by atoms with Gasteiger partial charge in [-0.1, -0.05) is 39.7 Å². The van der Waals surface area contributed by atoms with Gasteiger partial charge in [0, 0.05) is 29.0 Å². The summed E-state index contributed by atoms with van der Waals surface area (Å²) in [7, 11) is 0. The molecule has 1 aliphatic rings. The van der Waals surface area contributed by atoms with Gasteiger partial charge in [-0.2, -0.15) is 0 Å². The van der Waals surface area contributed by atoms with E-state index in [0.29, 0.717) is 22.3 Å². The highest BCUT2D eigenvalue weighted by molar-refractivity contribution is 9.10. The Labute approximate surface area is 162 Å². The molecule has 2 aromatic rings. The second-order valence-corrected chi connectivity index (χ2v) is 7.92. The van der Waals surface area contributed by atoms with Crippen LogP contribution in [-0.4, -0.2) is 30.0 Å². The summed E-state index contributed by atoms with van der Waals surface area (Å²) in [6.45, 7) is 5.40. The van der Waals surface area contributed by atoms with E-state index in [1.54, 1.807) is 18.2 Å². The molecular formula is C20H21BrClNO2. The van der Waals surface area contributed by atoms with Crippen LogP contribution < -0.4 is 4.74 Å². The van der Waals surface area contributed by atoms with Gasteiger partial charge in [0.15, 0.2) is 0 Å². The predicted octanol–water partition coefficient (Wildman–Crippen LogP) is 5.52. The van der Waals surface area contributed by atoms with E-state index in [1.165, 1.54) is 5.56 Å². The lowest BCUT2D eigenvalue weighted by molar-refractivity contribution is 0.0790. The van der Waals surface area contributed by atoms with Crippen LogP contribution in [-0.2, 0) is 0 Å². The van der Waals surface area contributed by atoms with E-state index in [4.69, 9.17) is 16.3 Å². The van der Waals surface area contributed by atoms with Crippen molar-refractivity contribution in [1.82, 2.24) is 4.90 Å². The Morgan fingerprint density at radius 1 is 1.24 bits per heavy atom. The minimum Gasteiger partial charge on any atom is -0.489 e.